The van der Waals surface area contributed by atoms with Crippen LogP contribution in [0.15, 0.2) is 12.1 Å². The molecule has 1 saturated heterocycles. The van der Waals surface area contributed by atoms with Crippen molar-refractivity contribution in [1.82, 2.24) is 5.32 Å². The molecule has 0 saturated carbocycles. The quantitative estimate of drug-likeness (QED) is 0.901. The van der Waals surface area contributed by atoms with Crippen molar-refractivity contribution in [2.75, 3.05) is 20.8 Å². The average Bonchev–Trinajstić information content (AvgIpc) is 2.77. The molecule has 1 heterocycles. The van der Waals surface area contributed by atoms with Crippen LogP contribution in [0.4, 0.5) is 0 Å². The standard InChI is InChI=1S/C13H18ClNO2/c1-13(7-4-8-15-13)9-5-6-10(16-2)11(14)12(9)17-3/h5-6,15H,4,7-8H2,1-3H3. The molecule has 0 spiro atoms. The minimum Gasteiger partial charge on any atom is -0.495 e. The van der Waals surface area contributed by atoms with Gasteiger partial charge in [0.1, 0.15) is 16.5 Å². The van der Waals surface area contributed by atoms with E-state index in [-0.39, 0.29) is 5.54 Å². The summed E-state index contributed by atoms with van der Waals surface area (Å²) in [4.78, 5) is 0. The SMILES string of the molecule is COc1ccc(C2(C)CCCN2)c(OC)c1Cl. The van der Waals surface area contributed by atoms with Crippen molar-refractivity contribution in [3.05, 3.63) is 22.7 Å². The topological polar surface area (TPSA) is 30.5 Å². The lowest BCUT2D eigenvalue weighted by molar-refractivity contribution is 0.363. The van der Waals surface area contributed by atoms with E-state index in [1.54, 1.807) is 14.2 Å². The van der Waals surface area contributed by atoms with Gasteiger partial charge in [-0.05, 0) is 38.4 Å². The first-order valence-corrected chi connectivity index (χ1v) is 6.16. The Kier molecular flexibility index (Phi) is 3.50. The zero-order chi connectivity index (χ0) is 12.5. The maximum absolute atomic E-state index is 6.28. The summed E-state index contributed by atoms with van der Waals surface area (Å²) < 4.78 is 10.6. The molecular weight excluding hydrogens is 238 g/mol. The highest BCUT2D eigenvalue weighted by Crippen LogP contribution is 2.43. The van der Waals surface area contributed by atoms with Crippen molar-refractivity contribution in [3.63, 3.8) is 0 Å². The van der Waals surface area contributed by atoms with Gasteiger partial charge >= 0.3 is 0 Å². The van der Waals surface area contributed by atoms with Gasteiger partial charge in [0, 0.05) is 11.1 Å². The van der Waals surface area contributed by atoms with Crippen LogP contribution in [0.3, 0.4) is 0 Å². The Morgan fingerprint density at radius 2 is 2.06 bits per heavy atom. The molecule has 1 N–H and O–H groups in total. The van der Waals surface area contributed by atoms with E-state index in [1.165, 1.54) is 6.42 Å². The van der Waals surface area contributed by atoms with Crippen LogP contribution in [0, 0.1) is 0 Å². The predicted octanol–water partition coefficient (Wildman–Crippen LogP) is 2.96. The van der Waals surface area contributed by atoms with Gasteiger partial charge in [-0.15, -0.1) is 0 Å². The molecule has 0 aliphatic carbocycles. The highest BCUT2D eigenvalue weighted by Gasteiger charge is 2.34. The molecule has 0 bridgehead atoms. The molecule has 0 aromatic heterocycles. The molecule has 17 heavy (non-hydrogen) atoms. The van der Waals surface area contributed by atoms with Crippen molar-refractivity contribution in [2.45, 2.75) is 25.3 Å². The van der Waals surface area contributed by atoms with Gasteiger partial charge in [0.15, 0.2) is 0 Å². The first-order valence-electron chi connectivity index (χ1n) is 5.78. The minimum atomic E-state index is -0.0543. The lowest BCUT2D eigenvalue weighted by Gasteiger charge is -2.27. The fourth-order valence-electron chi connectivity index (χ4n) is 2.45. The fourth-order valence-corrected chi connectivity index (χ4v) is 2.77. The Morgan fingerprint density at radius 1 is 1.29 bits per heavy atom. The number of nitrogens with one attached hydrogen (secondary N) is 1. The Bertz CT molecular complexity index is 414. The number of methoxy groups -OCH3 is 2. The van der Waals surface area contributed by atoms with Gasteiger partial charge in [0.2, 0.25) is 0 Å². The predicted molar refractivity (Wildman–Crippen MR) is 69.1 cm³/mol. The van der Waals surface area contributed by atoms with Crippen LogP contribution in [-0.2, 0) is 5.54 Å². The normalized spacial score (nSPS) is 23.8. The maximum Gasteiger partial charge on any atom is 0.146 e. The largest absolute Gasteiger partial charge is 0.495 e. The third-order valence-electron chi connectivity index (χ3n) is 3.45. The van der Waals surface area contributed by atoms with E-state index in [2.05, 4.69) is 12.2 Å². The summed E-state index contributed by atoms with van der Waals surface area (Å²) in [5.74, 6) is 1.36. The summed E-state index contributed by atoms with van der Waals surface area (Å²) in [6, 6.07) is 3.92. The molecule has 1 unspecified atom stereocenters. The number of halogens is 1. The van der Waals surface area contributed by atoms with Gasteiger partial charge < -0.3 is 14.8 Å². The molecule has 1 atom stereocenters. The summed E-state index contributed by atoms with van der Waals surface area (Å²) in [6.07, 6.45) is 2.26. The Hall–Kier alpha value is -0.930. The van der Waals surface area contributed by atoms with E-state index in [4.69, 9.17) is 21.1 Å². The molecule has 4 heteroatoms. The van der Waals surface area contributed by atoms with Crippen molar-refractivity contribution in [1.29, 1.82) is 0 Å². The van der Waals surface area contributed by atoms with Crippen LogP contribution in [0.1, 0.15) is 25.3 Å². The van der Waals surface area contributed by atoms with E-state index in [0.29, 0.717) is 16.5 Å². The molecule has 0 amide bonds. The van der Waals surface area contributed by atoms with Gasteiger partial charge in [0.25, 0.3) is 0 Å². The second-order valence-corrected chi connectivity index (χ2v) is 4.90. The van der Waals surface area contributed by atoms with E-state index in [9.17, 15) is 0 Å². The van der Waals surface area contributed by atoms with Gasteiger partial charge in [0.05, 0.1) is 14.2 Å². The number of hydrogen-bond donors (Lipinski definition) is 1. The van der Waals surface area contributed by atoms with Crippen molar-refractivity contribution in [2.24, 2.45) is 0 Å². The number of rotatable bonds is 3. The zero-order valence-corrected chi connectivity index (χ0v) is 11.2. The molecule has 94 valence electrons. The third-order valence-corrected chi connectivity index (χ3v) is 3.81. The second kappa shape index (κ2) is 4.75. The Morgan fingerprint density at radius 3 is 2.59 bits per heavy atom. The molecule has 1 aromatic carbocycles. The molecule has 1 fully saturated rings. The third kappa shape index (κ3) is 2.09. The van der Waals surface area contributed by atoms with Crippen LogP contribution in [-0.4, -0.2) is 20.8 Å². The minimum absolute atomic E-state index is 0.0543. The summed E-state index contributed by atoms with van der Waals surface area (Å²) in [6.45, 7) is 3.21. The number of hydrogen-bond acceptors (Lipinski definition) is 3. The molecule has 3 nitrogen and oxygen atoms in total. The highest BCUT2D eigenvalue weighted by molar-refractivity contribution is 6.33. The van der Waals surface area contributed by atoms with E-state index in [1.807, 2.05) is 12.1 Å². The number of ether oxygens (including phenoxy) is 2. The smallest absolute Gasteiger partial charge is 0.146 e. The molecular formula is C13H18ClNO2. The maximum atomic E-state index is 6.28. The summed E-state index contributed by atoms with van der Waals surface area (Å²) in [5, 5.41) is 4.05. The van der Waals surface area contributed by atoms with Gasteiger partial charge in [-0.3, -0.25) is 0 Å². The van der Waals surface area contributed by atoms with E-state index >= 15 is 0 Å². The first kappa shape index (κ1) is 12.5. The van der Waals surface area contributed by atoms with Crippen molar-refractivity contribution >= 4 is 11.6 Å². The van der Waals surface area contributed by atoms with Crippen LogP contribution in [0.25, 0.3) is 0 Å². The Labute approximate surface area is 107 Å². The van der Waals surface area contributed by atoms with Crippen LogP contribution in [0.5, 0.6) is 11.5 Å². The monoisotopic (exact) mass is 255 g/mol. The molecule has 1 aliphatic heterocycles. The fraction of sp³-hybridized carbons (Fsp3) is 0.538. The average molecular weight is 256 g/mol. The van der Waals surface area contributed by atoms with Crippen LogP contribution >= 0.6 is 11.6 Å². The summed E-state index contributed by atoms with van der Waals surface area (Å²) in [5.41, 5.74) is 1.05. The van der Waals surface area contributed by atoms with Gasteiger partial charge in [-0.25, -0.2) is 0 Å². The second-order valence-electron chi connectivity index (χ2n) is 4.53. The summed E-state index contributed by atoms with van der Waals surface area (Å²) >= 11 is 6.28. The van der Waals surface area contributed by atoms with Crippen LogP contribution < -0.4 is 14.8 Å². The molecule has 1 aromatic rings. The lowest BCUT2D eigenvalue weighted by atomic mass is 9.89. The van der Waals surface area contributed by atoms with E-state index in [0.717, 1.165) is 18.5 Å². The molecule has 1 aliphatic rings. The van der Waals surface area contributed by atoms with E-state index < -0.39 is 0 Å². The molecule has 0 radical (unpaired) electrons. The van der Waals surface area contributed by atoms with Gasteiger partial charge in [-0.1, -0.05) is 11.6 Å². The zero-order valence-electron chi connectivity index (χ0n) is 10.5. The molecule has 2 rings (SSSR count). The van der Waals surface area contributed by atoms with Crippen molar-refractivity contribution < 1.29 is 9.47 Å². The van der Waals surface area contributed by atoms with Gasteiger partial charge in [-0.2, -0.15) is 0 Å². The lowest BCUT2D eigenvalue weighted by Crippen LogP contribution is -2.33. The summed E-state index contributed by atoms with van der Waals surface area (Å²) in [7, 11) is 3.25. The Balaban J connectivity index is 2.50. The number of benzene rings is 1. The first-order chi connectivity index (χ1) is 8.12. The highest BCUT2D eigenvalue weighted by atomic mass is 35.5. The van der Waals surface area contributed by atoms with Crippen LogP contribution in [0.2, 0.25) is 5.02 Å². The van der Waals surface area contributed by atoms with Crippen molar-refractivity contribution in [3.8, 4) is 11.5 Å².